The van der Waals surface area contributed by atoms with Crippen LogP contribution in [0, 0.1) is 0 Å². The van der Waals surface area contributed by atoms with Crippen LogP contribution in [0.2, 0.25) is 0 Å². The Balaban J connectivity index is 2.12. The molecule has 0 aromatic carbocycles. The summed E-state index contributed by atoms with van der Waals surface area (Å²) < 4.78 is 19.9. The lowest BCUT2D eigenvalue weighted by molar-refractivity contribution is -0.0511. The Bertz CT molecular complexity index is 761. The van der Waals surface area contributed by atoms with Gasteiger partial charge in [0.1, 0.15) is 18.3 Å². The molecular formula is C11H14FN5O5. The molecule has 2 aromatic rings. The number of alkyl halides is 1. The number of aliphatic hydroxyl groups is 3. The summed E-state index contributed by atoms with van der Waals surface area (Å²) in [5.41, 5.74) is 4.59. The normalized spacial score (nSPS) is 28.5. The highest BCUT2D eigenvalue weighted by atomic mass is 19.1. The number of hydrogen-bond donors (Lipinski definition) is 4. The van der Waals surface area contributed by atoms with Crippen LogP contribution < -0.4 is 11.3 Å². The van der Waals surface area contributed by atoms with Crippen LogP contribution in [-0.2, 0) is 11.5 Å². The molecule has 11 heteroatoms. The van der Waals surface area contributed by atoms with Crippen LogP contribution >= 0.6 is 0 Å². The van der Waals surface area contributed by atoms with Gasteiger partial charge in [0.15, 0.2) is 24.2 Å². The van der Waals surface area contributed by atoms with Gasteiger partial charge in [0, 0.05) is 0 Å². The number of ether oxygens (including phenoxy) is 1. The Labute approximate surface area is 122 Å². The van der Waals surface area contributed by atoms with Gasteiger partial charge in [-0.1, -0.05) is 0 Å². The number of rotatable bonds is 3. The van der Waals surface area contributed by atoms with Crippen LogP contribution in [0.4, 0.5) is 10.3 Å². The van der Waals surface area contributed by atoms with E-state index in [9.17, 15) is 19.4 Å². The average molecular weight is 315 g/mol. The number of anilines is 1. The number of nitrogens with two attached hydrogens (primary N) is 1. The third-order valence-corrected chi connectivity index (χ3v) is 3.62. The molecule has 120 valence electrons. The van der Waals surface area contributed by atoms with E-state index in [1.165, 1.54) is 10.9 Å². The number of nitrogens with zero attached hydrogens (tertiary/aromatic N) is 4. The first-order chi connectivity index (χ1) is 10.5. The fourth-order valence-electron chi connectivity index (χ4n) is 2.43. The fraction of sp³-hybridized carbons (Fsp3) is 0.545. The van der Waals surface area contributed by atoms with Gasteiger partial charge >= 0.3 is 0 Å². The third-order valence-electron chi connectivity index (χ3n) is 3.62. The number of nitrogen functional groups attached to an aromatic ring is 1. The Morgan fingerprint density at radius 2 is 2.14 bits per heavy atom. The number of fused-ring (bicyclic) bond motifs is 1. The van der Waals surface area contributed by atoms with Gasteiger partial charge in [-0.25, -0.2) is 13.9 Å². The predicted molar refractivity (Wildman–Crippen MR) is 70.3 cm³/mol. The molecular weight excluding hydrogens is 301 g/mol. The minimum atomic E-state index is -1.36. The summed E-state index contributed by atoms with van der Waals surface area (Å²) in [5.74, 6) is -0.353. The van der Waals surface area contributed by atoms with Crippen molar-refractivity contribution in [3.05, 3.63) is 16.7 Å². The fourth-order valence-corrected chi connectivity index (χ4v) is 2.43. The van der Waals surface area contributed by atoms with Crippen molar-refractivity contribution in [1.82, 2.24) is 19.1 Å². The van der Waals surface area contributed by atoms with Gasteiger partial charge in [-0.05, 0) is 0 Å². The van der Waals surface area contributed by atoms with E-state index >= 15 is 0 Å². The molecule has 0 radical (unpaired) electrons. The Morgan fingerprint density at radius 1 is 1.41 bits per heavy atom. The van der Waals surface area contributed by atoms with Gasteiger partial charge < -0.3 is 25.8 Å². The molecule has 4 atom stereocenters. The van der Waals surface area contributed by atoms with Gasteiger partial charge in [0.25, 0.3) is 5.56 Å². The topological polar surface area (TPSA) is 149 Å². The van der Waals surface area contributed by atoms with Gasteiger partial charge in [-0.2, -0.15) is 4.98 Å². The van der Waals surface area contributed by atoms with Crippen LogP contribution in [0.3, 0.4) is 0 Å². The zero-order chi connectivity index (χ0) is 16.0. The number of imidazole rings is 1. The summed E-state index contributed by atoms with van der Waals surface area (Å²) >= 11 is 0. The maximum absolute atomic E-state index is 12.8. The molecule has 0 saturated carbocycles. The maximum atomic E-state index is 12.8. The van der Waals surface area contributed by atoms with E-state index in [4.69, 9.17) is 15.6 Å². The molecule has 3 heterocycles. The molecule has 0 amide bonds. The van der Waals surface area contributed by atoms with Crippen molar-refractivity contribution in [3.8, 4) is 0 Å². The van der Waals surface area contributed by atoms with Gasteiger partial charge in [-0.3, -0.25) is 9.36 Å². The van der Waals surface area contributed by atoms with Crippen molar-refractivity contribution in [2.45, 2.75) is 31.3 Å². The molecule has 0 bridgehead atoms. The molecule has 10 nitrogen and oxygen atoms in total. The molecule has 1 saturated heterocycles. The summed E-state index contributed by atoms with van der Waals surface area (Å²) in [7, 11) is 0. The van der Waals surface area contributed by atoms with Crippen molar-refractivity contribution in [2.24, 2.45) is 0 Å². The first kappa shape index (κ1) is 14.8. The standard InChI is InChI=1S/C11H14FN5O5/c12-2-16-9(21)5-8(15-11(16)13)17(3-14-5)10-7(20)6(19)4(1-18)22-10/h3-4,6-7,10,18-20H,1-2H2,(H2,13,15)/t4-,6-,7-,10-/m1/s1. The molecule has 5 N–H and O–H groups in total. The van der Waals surface area contributed by atoms with Crippen molar-refractivity contribution in [3.63, 3.8) is 0 Å². The predicted octanol–water partition coefficient (Wildman–Crippen LogP) is -2.29. The van der Waals surface area contributed by atoms with Crippen molar-refractivity contribution in [1.29, 1.82) is 0 Å². The SMILES string of the molecule is Nc1nc2c(ncn2[C@@H]2O[C@H](CO)[C@@H](O)[C@H]2O)c(=O)n1CF. The van der Waals surface area contributed by atoms with Crippen molar-refractivity contribution >= 4 is 17.1 Å². The monoisotopic (exact) mass is 315 g/mol. The van der Waals surface area contributed by atoms with Gasteiger partial charge in [-0.15, -0.1) is 0 Å². The zero-order valence-corrected chi connectivity index (χ0v) is 11.2. The second-order valence-electron chi connectivity index (χ2n) is 4.88. The van der Waals surface area contributed by atoms with E-state index in [0.29, 0.717) is 4.57 Å². The summed E-state index contributed by atoms with van der Waals surface area (Å²) in [6.07, 6.45) is -3.59. The van der Waals surface area contributed by atoms with Gasteiger partial charge in [0.2, 0.25) is 5.95 Å². The van der Waals surface area contributed by atoms with Crippen LogP contribution in [0.1, 0.15) is 6.23 Å². The molecule has 1 fully saturated rings. The van der Waals surface area contributed by atoms with E-state index in [-0.39, 0.29) is 17.1 Å². The summed E-state index contributed by atoms with van der Waals surface area (Å²) in [6, 6.07) is 0. The Hall–Kier alpha value is -2.08. The number of hydrogen-bond acceptors (Lipinski definition) is 8. The van der Waals surface area contributed by atoms with Gasteiger partial charge in [0.05, 0.1) is 12.9 Å². The van der Waals surface area contributed by atoms with E-state index < -0.39 is 43.5 Å². The van der Waals surface area contributed by atoms with Crippen molar-refractivity contribution in [2.75, 3.05) is 12.3 Å². The van der Waals surface area contributed by atoms with Crippen LogP contribution in [0.25, 0.3) is 11.2 Å². The largest absolute Gasteiger partial charge is 0.394 e. The highest BCUT2D eigenvalue weighted by Gasteiger charge is 2.44. The van der Waals surface area contributed by atoms with E-state index in [0.717, 1.165) is 0 Å². The average Bonchev–Trinajstić information content (AvgIpc) is 3.02. The quantitative estimate of drug-likeness (QED) is 0.495. The molecule has 1 aliphatic heterocycles. The molecule has 2 aromatic heterocycles. The first-order valence-corrected chi connectivity index (χ1v) is 6.40. The van der Waals surface area contributed by atoms with Crippen molar-refractivity contribution < 1.29 is 24.4 Å². The number of aliphatic hydroxyl groups excluding tert-OH is 3. The van der Waals surface area contributed by atoms with Crippen LogP contribution in [0.15, 0.2) is 11.1 Å². The zero-order valence-electron chi connectivity index (χ0n) is 11.2. The molecule has 1 aliphatic rings. The second-order valence-corrected chi connectivity index (χ2v) is 4.88. The number of aromatic nitrogens is 4. The molecule has 0 spiro atoms. The summed E-state index contributed by atoms with van der Waals surface area (Å²) in [6.45, 7) is -1.64. The Kier molecular flexibility index (Phi) is 3.56. The second kappa shape index (κ2) is 5.28. The van der Waals surface area contributed by atoms with E-state index in [1.54, 1.807) is 0 Å². The molecule has 0 unspecified atom stereocenters. The molecule has 3 rings (SSSR count). The molecule has 0 aliphatic carbocycles. The summed E-state index contributed by atoms with van der Waals surface area (Å²) in [4.78, 5) is 19.7. The van der Waals surface area contributed by atoms with Crippen LogP contribution in [0.5, 0.6) is 0 Å². The van der Waals surface area contributed by atoms with Crippen LogP contribution in [-0.4, -0.2) is 59.3 Å². The maximum Gasteiger partial charge on any atom is 0.285 e. The molecule has 22 heavy (non-hydrogen) atoms. The minimum Gasteiger partial charge on any atom is -0.394 e. The minimum absolute atomic E-state index is 0.0120. The highest BCUT2D eigenvalue weighted by molar-refractivity contribution is 5.71. The smallest absolute Gasteiger partial charge is 0.285 e. The lowest BCUT2D eigenvalue weighted by atomic mass is 10.1. The Morgan fingerprint density at radius 3 is 2.73 bits per heavy atom. The first-order valence-electron chi connectivity index (χ1n) is 6.40. The lowest BCUT2D eigenvalue weighted by Crippen LogP contribution is -2.33. The highest BCUT2D eigenvalue weighted by Crippen LogP contribution is 2.30. The number of halogens is 1. The van der Waals surface area contributed by atoms with E-state index in [2.05, 4.69) is 9.97 Å². The summed E-state index contributed by atoms with van der Waals surface area (Å²) in [5, 5.41) is 28.8. The van der Waals surface area contributed by atoms with E-state index in [1.807, 2.05) is 0 Å². The lowest BCUT2D eigenvalue weighted by Gasteiger charge is -2.16. The third kappa shape index (κ3) is 1.98.